The molecular formula is C10H14BrN3O3S. The summed E-state index contributed by atoms with van der Waals surface area (Å²) in [6, 6.07) is 4.48. The number of hydrogen-bond donors (Lipinski definition) is 2. The number of sulfonamides is 1. The van der Waals surface area contributed by atoms with E-state index in [0.29, 0.717) is 10.2 Å². The molecule has 0 aromatic heterocycles. The van der Waals surface area contributed by atoms with Gasteiger partial charge in [-0.05, 0) is 34.1 Å². The quantitative estimate of drug-likeness (QED) is 0.779. The van der Waals surface area contributed by atoms with Crippen LogP contribution in [0, 0.1) is 0 Å². The van der Waals surface area contributed by atoms with Crippen molar-refractivity contribution in [3.8, 4) is 0 Å². The fourth-order valence-corrected chi connectivity index (χ4v) is 3.33. The fourth-order valence-electron chi connectivity index (χ4n) is 1.25. The minimum atomic E-state index is -3.75. The molecule has 1 rings (SSSR count). The second kappa shape index (κ2) is 5.68. The molecular weight excluding hydrogens is 322 g/mol. The molecule has 0 heterocycles. The molecule has 0 spiro atoms. The molecule has 100 valence electrons. The summed E-state index contributed by atoms with van der Waals surface area (Å²) < 4.78 is 25.8. The van der Waals surface area contributed by atoms with Crippen LogP contribution in [0.5, 0.6) is 0 Å². The van der Waals surface area contributed by atoms with Gasteiger partial charge in [0, 0.05) is 24.3 Å². The molecule has 1 amide bonds. The SMILES string of the molecule is CNC(=O)CN(C)S(=O)(=O)c1cc(N)ccc1Br. The van der Waals surface area contributed by atoms with Gasteiger partial charge in [-0.1, -0.05) is 0 Å². The van der Waals surface area contributed by atoms with Gasteiger partial charge in [0.05, 0.1) is 11.4 Å². The average molecular weight is 336 g/mol. The number of carbonyl (C=O) groups excluding carboxylic acids is 1. The van der Waals surface area contributed by atoms with Crippen LogP contribution in [-0.4, -0.2) is 39.3 Å². The number of halogens is 1. The molecule has 1 aromatic carbocycles. The normalized spacial score (nSPS) is 11.6. The minimum Gasteiger partial charge on any atom is -0.399 e. The van der Waals surface area contributed by atoms with Crippen LogP contribution in [0.15, 0.2) is 27.6 Å². The monoisotopic (exact) mass is 335 g/mol. The van der Waals surface area contributed by atoms with E-state index >= 15 is 0 Å². The fraction of sp³-hybridized carbons (Fsp3) is 0.300. The summed E-state index contributed by atoms with van der Waals surface area (Å²) >= 11 is 3.16. The van der Waals surface area contributed by atoms with Crippen LogP contribution in [0.25, 0.3) is 0 Å². The lowest BCUT2D eigenvalue weighted by Crippen LogP contribution is -2.37. The highest BCUT2D eigenvalue weighted by Crippen LogP contribution is 2.26. The van der Waals surface area contributed by atoms with Crippen molar-refractivity contribution in [1.29, 1.82) is 0 Å². The maximum atomic E-state index is 12.2. The summed E-state index contributed by atoms with van der Waals surface area (Å²) in [5.41, 5.74) is 5.91. The molecule has 0 aliphatic heterocycles. The van der Waals surface area contributed by atoms with Crippen LogP contribution in [0.1, 0.15) is 0 Å². The summed E-state index contributed by atoms with van der Waals surface area (Å²) in [5, 5.41) is 2.36. The molecule has 0 aliphatic carbocycles. The third-order valence-electron chi connectivity index (χ3n) is 2.29. The first-order valence-electron chi connectivity index (χ1n) is 5.01. The van der Waals surface area contributed by atoms with Gasteiger partial charge in [0.25, 0.3) is 0 Å². The van der Waals surface area contributed by atoms with Crippen LogP contribution in [0.3, 0.4) is 0 Å². The molecule has 0 aliphatic rings. The van der Waals surface area contributed by atoms with Gasteiger partial charge in [-0.3, -0.25) is 4.79 Å². The number of amides is 1. The zero-order valence-corrected chi connectivity index (χ0v) is 12.4. The van der Waals surface area contributed by atoms with Gasteiger partial charge in [-0.2, -0.15) is 4.31 Å². The third-order valence-corrected chi connectivity index (χ3v) is 5.09. The minimum absolute atomic E-state index is 0.0360. The topological polar surface area (TPSA) is 92.5 Å². The van der Waals surface area contributed by atoms with Gasteiger partial charge in [-0.25, -0.2) is 8.42 Å². The number of anilines is 1. The van der Waals surface area contributed by atoms with E-state index in [0.717, 1.165) is 4.31 Å². The number of nitrogens with two attached hydrogens (primary N) is 1. The first-order valence-corrected chi connectivity index (χ1v) is 7.24. The van der Waals surface area contributed by atoms with E-state index in [2.05, 4.69) is 21.2 Å². The summed E-state index contributed by atoms with van der Waals surface area (Å²) in [5.74, 6) is -0.388. The third kappa shape index (κ3) is 3.21. The number of nitrogens with zero attached hydrogens (tertiary/aromatic N) is 1. The lowest BCUT2D eigenvalue weighted by molar-refractivity contribution is -0.120. The van der Waals surface area contributed by atoms with Crippen LogP contribution in [0.2, 0.25) is 0 Å². The molecule has 6 nitrogen and oxygen atoms in total. The highest BCUT2D eigenvalue weighted by Gasteiger charge is 2.25. The second-order valence-electron chi connectivity index (χ2n) is 3.62. The summed E-state index contributed by atoms with van der Waals surface area (Å²) in [7, 11) is -0.974. The van der Waals surface area contributed by atoms with E-state index in [4.69, 9.17) is 5.73 Å². The number of nitrogen functional groups attached to an aromatic ring is 1. The van der Waals surface area contributed by atoms with Gasteiger partial charge in [0.1, 0.15) is 0 Å². The molecule has 1 aromatic rings. The molecule has 3 N–H and O–H groups in total. The van der Waals surface area contributed by atoms with E-state index in [1.807, 2.05) is 0 Å². The molecule has 8 heteroatoms. The van der Waals surface area contributed by atoms with Gasteiger partial charge < -0.3 is 11.1 Å². The van der Waals surface area contributed by atoms with E-state index in [9.17, 15) is 13.2 Å². The molecule has 18 heavy (non-hydrogen) atoms. The highest BCUT2D eigenvalue weighted by molar-refractivity contribution is 9.10. The molecule has 0 saturated heterocycles. The van der Waals surface area contributed by atoms with Crippen LogP contribution in [0.4, 0.5) is 5.69 Å². The smallest absolute Gasteiger partial charge is 0.244 e. The first-order chi connectivity index (χ1) is 8.28. The van der Waals surface area contributed by atoms with Crippen molar-refractivity contribution in [1.82, 2.24) is 9.62 Å². The van der Waals surface area contributed by atoms with Crippen molar-refractivity contribution < 1.29 is 13.2 Å². The van der Waals surface area contributed by atoms with E-state index in [1.54, 1.807) is 12.1 Å². The number of hydrogen-bond acceptors (Lipinski definition) is 4. The number of likely N-dealkylation sites (N-methyl/N-ethyl adjacent to an activating group) is 2. The zero-order chi connectivity index (χ0) is 13.9. The number of rotatable bonds is 4. The van der Waals surface area contributed by atoms with Crippen LogP contribution >= 0.6 is 15.9 Å². The van der Waals surface area contributed by atoms with Crippen molar-refractivity contribution in [2.24, 2.45) is 0 Å². The Balaban J connectivity index is 3.13. The molecule has 0 bridgehead atoms. The van der Waals surface area contributed by atoms with Crippen LogP contribution < -0.4 is 11.1 Å². The van der Waals surface area contributed by atoms with Crippen molar-refractivity contribution in [3.05, 3.63) is 22.7 Å². The van der Waals surface area contributed by atoms with E-state index in [1.165, 1.54) is 20.2 Å². The summed E-state index contributed by atoms with van der Waals surface area (Å²) in [4.78, 5) is 11.2. The maximum absolute atomic E-state index is 12.2. The highest BCUT2D eigenvalue weighted by atomic mass is 79.9. The van der Waals surface area contributed by atoms with Crippen molar-refractivity contribution in [2.75, 3.05) is 26.4 Å². The lowest BCUT2D eigenvalue weighted by atomic mass is 10.3. The van der Waals surface area contributed by atoms with Gasteiger partial charge in [-0.15, -0.1) is 0 Å². The Labute approximate surface area is 114 Å². The lowest BCUT2D eigenvalue weighted by Gasteiger charge is -2.17. The molecule has 0 unspecified atom stereocenters. The molecule has 0 saturated carbocycles. The maximum Gasteiger partial charge on any atom is 0.244 e. The predicted molar refractivity (Wildman–Crippen MR) is 72.4 cm³/mol. The molecule has 0 atom stereocenters. The molecule has 0 radical (unpaired) electrons. The Morgan fingerprint density at radius 3 is 2.67 bits per heavy atom. The van der Waals surface area contributed by atoms with Crippen molar-refractivity contribution >= 4 is 37.5 Å². The molecule has 0 fully saturated rings. The van der Waals surface area contributed by atoms with Crippen molar-refractivity contribution in [2.45, 2.75) is 4.90 Å². The Morgan fingerprint density at radius 1 is 1.50 bits per heavy atom. The van der Waals surface area contributed by atoms with Gasteiger partial charge >= 0.3 is 0 Å². The standard InChI is InChI=1S/C10H14BrN3O3S/c1-13-10(15)6-14(2)18(16,17)9-5-7(12)3-4-8(9)11/h3-5H,6,12H2,1-2H3,(H,13,15). The van der Waals surface area contributed by atoms with Gasteiger partial charge in [0.2, 0.25) is 15.9 Å². The van der Waals surface area contributed by atoms with Gasteiger partial charge in [0.15, 0.2) is 0 Å². The van der Waals surface area contributed by atoms with E-state index < -0.39 is 10.0 Å². The number of benzene rings is 1. The number of nitrogens with one attached hydrogen (secondary N) is 1. The largest absolute Gasteiger partial charge is 0.399 e. The van der Waals surface area contributed by atoms with Crippen LogP contribution in [-0.2, 0) is 14.8 Å². The zero-order valence-electron chi connectivity index (χ0n) is 9.97. The summed E-state index contributed by atoms with van der Waals surface area (Å²) in [6.45, 7) is -0.250. The Hall–Kier alpha value is -1.12. The predicted octanol–water partition coefficient (Wildman–Crippen LogP) is 0.398. The Kier molecular flexibility index (Phi) is 4.71. The van der Waals surface area contributed by atoms with E-state index in [-0.39, 0.29) is 17.3 Å². The number of carbonyl (C=O) groups is 1. The Morgan fingerprint density at radius 2 is 2.11 bits per heavy atom. The first kappa shape index (κ1) is 14.9. The summed E-state index contributed by atoms with van der Waals surface area (Å²) in [6.07, 6.45) is 0. The Bertz CT molecular complexity index is 559. The average Bonchev–Trinajstić information content (AvgIpc) is 2.31. The second-order valence-corrected chi connectivity index (χ2v) is 6.49. The van der Waals surface area contributed by atoms with Crippen molar-refractivity contribution in [3.63, 3.8) is 0 Å².